The van der Waals surface area contributed by atoms with Gasteiger partial charge in [-0.2, -0.15) is 0 Å². The molecule has 1 heterocycles. The lowest BCUT2D eigenvalue weighted by Crippen LogP contribution is -2.40. The first kappa shape index (κ1) is 15.0. The number of hydrogen-bond acceptors (Lipinski definition) is 3. The molecule has 0 bridgehead atoms. The fourth-order valence-electron chi connectivity index (χ4n) is 2.10. The van der Waals surface area contributed by atoms with Gasteiger partial charge in [-0.3, -0.25) is 9.78 Å². The Labute approximate surface area is 121 Å². The van der Waals surface area contributed by atoms with E-state index in [9.17, 15) is 4.79 Å². The molecular weight excluding hydrogens is 252 g/mol. The first-order chi connectivity index (χ1) is 9.58. The van der Waals surface area contributed by atoms with E-state index in [0.29, 0.717) is 25.1 Å². The van der Waals surface area contributed by atoms with Gasteiger partial charge in [0.05, 0.1) is 0 Å². The second-order valence-electron chi connectivity index (χ2n) is 5.93. The molecule has 0 aromatic carbocycles. The van der Waals surface area contributed by atoms with Crippen LogP contribution in [0.5, 0.6) is 0 Å². The zero-order valence-electron chi connectivity index (χ0n) is 12.6. The van der Waals surface area contributed by atoms with Crippen LogP contribution < -0.4 is 0 Å². The van der Waals surface area contributed by atoms with Crippen molar-refractivity contribution in [3.63, 3.8) is 0 Å². The topological polar surface area (TPSA) is 42.4 Å². The third-order valence-corrected chi connectivity index (χ3v) is 3.37. The van der Waals surface area contributed by atoms with E-state index in [4.69, 9.17) is 4.74 Å². The molecule has 20 heavy (non-hydrogen) atoms. The molecule has 0 aliphatic heterocycles. The van der Waals surface area contributed by atoms with Crippen molar-refractivity contribution >= 4 is 5.91 Å². The zero-order valence-corrected chi connectivity index (χ0v) is 12.6. The minimum Gasteiger partial charge on any atom is -0.368 e. The highest BCUT2D eigenvalue weighted by Crippen LogP contribution is 2.29. The SMILES string of the molecule is CC(C)CO[C@@H](C)C(=O)N(Cc1cccnc1)C1CC1. The predicted octanol–water partition coefficient (Wildman–Crippen LogP) is 2.63. The second kappa shape index (κ2) is 6.84. The molecule has 4 heteroatoms. The lowest BCUT2D eigenvalue weighted by Gasteiger charge is -2.26. The Kier molecular flexibility index (Phi) is 5.12. The number of nitrogens with zero attached hydrogens (tertiary/aromatic N) is 2. The Morgan fingerprint density at radius 2 is 2.20 bits per heavy atom. The lowest BCUT2D eigenvalue weighted by molar-refractivity contribution is -0.144. The van der Waals surface area contributed by atoms with Crippen LogP contribution in [-0.2, 0) is 16.1 Å². The zero-order chi connectivity index (χ0) is 14.5. The third-order valence-electron chi connectivity index (χ3n) is 3.37. The van der Waals surface area contributed by atoms with Crippen LogP contribution in [-0.4, -0.2) is 34.5 Å². The summed E-state index contributed by atoms with van der Waals surface area (Å²) in [6.07, 6.45) is 5.41. The number of carbonyl (C=O) groups excluding carboxylic acids is 1. The van der Waals surface area contributed by atoms with Gasteiger partial charge in [-0.1, -0.05) is 19.9 Å². The maximum absolute atomic E-state index is 12.5. The molecule has 0 saturated heterocycles. The van der Waals surface area contributed by atoms with E-state index in [1.165, 1.54) is 0 Å². The number of carbonyl (C=O) groups is 1. The van der Waals surface area contributed by atoms with Gasteiger partial charge in [0.2, 0.25) is 0 Å². The van der Waals surface area contributed by atoms with Gasteiger partial charge in [0.25, 0.3) is 5.91 Å². The quantitative estimate of drug-likeness (QED) is 0.769. The highest BCUT2D eigenvalue weighted by Gasteiger charge is 2.34. The van der Waals surface area contributed by atoms with Gasteiger partial charge in [-0.05, 0) is 37.3 Å². The van der Waals surface area contributed by atoms with E-state index < -0.39 is 0 Å². The highest BCUT2D eigenvalue weighted by molar-refractivity contribution is 5.81. The van der Waals surface area contributed by atoms with Gasteiger partial charge < -0.3 is 9.64 Å². The summed E-state index contributed by atoms with van der Waals surface area (Å²) in [5, 5.41) is 0. The van der Waals surface area contributed by atoms with E-state index in [1.54, 1.807) is 6.20 Å². The summed E-state index contributed by atoms with van der Waals surface area (Å²) in [7, 11) is 0. The summed E-state index contributed by atoms with van der Waals surface area (Å²) in [6.45, 7) is 7.28. The van der Waals surface area contributed by atoms with Crippen molar-refractivity contribution in [3.8, 4) is 0 Å². The Balaban J connectivity index is 1.96. The summed E-state index contributed by atoms with van der Waals surface area (Å²) in [4.78, 5) is 18.6. The van der Waals surface area contributed by atoms with Crippen LogP contribution in [0.15, 0.2) is 24.5 Å². The average Bonchev–Trinajstić information content (AvgIpc) is 3.27. The number of pyridine rings is 1. The molecule has 1 saturated carbocycles. The Hall–Kier alpha value is -1.42. The van der Waals surface area contributed by atoms with Crippen LogP contribution in [0.4, 0.5) is 0 Å². The van der Waals surface area contributed by atoms with Crippen LogP contribution in [0.1, 0.15) is 39.2 Å². The number of rotatable bonds is 7. The average molecular weight is 276 g/mol. The number of amides is 1. The van der Waals surface area contributed by atoms with Gasteiger partial charge in [0.15, 0.2) is 0 Å². The van der Waals surface area contributed by atoms with Gasteiger partial charge in [-0.25, -0.2) is 0 Å². The largest absolute Gasteiger partial charge is 0.368 e. The number of aromatic nitrogens is 1. The van der Waals surface area contributed by atoms with Crippen molar-refractivity contribution < 1.29 is 9.53 Å². The normalized spacial score (nSPS) is 16.2. The van der Waals surface area contributed by atoms with E-state index in [1.807, 2.05) is 30.2 Å². The summed E-state index contributed by atoms with van der Waals surface area (Å²) >= 11 is 0. The minimum atomic E-state index is -0.366. The summed E-state index contributed by atoms with van der Waals surface area (Å²) in [5.74, 6) is 0.537. The predicted molar refractivity (Wildman–Crippen MR) is 78.1 cm³/mol. The minimum absolute atomic E-state index is 0.0944. The highest BCUT2D eigenvalue weighted by atomic mass is 16.5. The molecule has 1 aromatic rings. The molecule has 0 unspecified atom stereocenters. The van der Waals surface area contributed by atoms with Gasteiger partial charge in [0.1, 0.15) is 6.10 Å². The van der Waals surface area contributed by atoms with Crippen molar-refractivity contribution in [2.75, 3.05) is 6.61 Å². The molecule has 2 rings (SSSR count). The van der Waals surface area contributed by atoms with E-state index in [-0.39, 0.29) is 12.0 Å². The first-order valence-electron chi connectivity index (χ1n) is 7.39. The first-order valence-corrected chi connectivity index (χ1v) is 7.39. The van der Waals surface area contributed by atoms with Crippen LogP contribution in [0.2, 0.25) is 0 Å². The Morgan fingerprint density at radius 3 is 2.75 bits per heavy atom. The third kappa shape index (κ3) is 4.30. The van der Waals surface area contributed by atoms with Crippen molar-refractivity contribution in [2.24, 2.45) is 5.92 Å². The molecule has 1 aliphatic rings. The fourth-order valence-corrected chi connectivity index (χ4v) is 2.10. The molecular formula is C16H24N2O2. The summed E-state index contributed by atoms with van der Waals surface area (Å²) < 4.78 is 5.65. The smallest absolute Gasteiger partial charge is 0.251 e. The Bertz CT molecular complexity index is 429. The summed E-state index contributed by atoms with van der Waals surface area (Å²) in [5.41, 5.74) is 1.07. The molecule has 110 valence electrons. The molecule has 0 N–H and O–H groups in total. The van der Waals surface area contributed by atoms with Crippen LogP contribution >= 0.6 is 0 Å². The molecule has 1 atom stereocenters. The maximum Gasteiger partial charge on any atom is 0.251 e. The van der Waals surface area contributed by atoms with Crippen LogP contribution in [0.25, 0.3) is 0 Å². The van der Waals surface area contributed by atoms with Gasteiger partial charge >= 0.3 is 0 Å². The van der Waals surface area contributed by atoms with E-state index in [2.05, 4.69) is 18.8 Å². The molecule has 1 amide bonds. The Morgan fingerprint density at radius 1 is 1.45 bits per heavy atom. The van der Waals surface area contributed by atoms with Crippen molar-refractivity contribution in [1.82, 2.24) is 9.88 Å². The fraction of sp³-hybridized carbons (Fsp3) is 0.625. The molecule has 4 nitrogen and oxygen atoms in total. The molecule has 1 fully saturated rings. The number of hydrogen-bond donors (Lipinski definition) is 0. The second-order valence-corrected chi connectivity index (χ2v) is 5.93. The van der Waals surface area contributed by atoms with Gasteiger partial charge in [-0.15, -0.1) is 0 Å². The molecule has 1 aliphatic carbocycles. The standard InChI is InChI=1S/C16H24N2O2/c1-12(2)11-20-13(3)16(19)18(15-6-7-15)10-14-5-4-8-17-9-14/h4-5,8-9,12-13,15H,6-7,10-11H2,1-3H3/t13-/m0/s1. The molecule has 0 radical (unpaired) electrons. The van der Waals surface area contributed by atoms with Crippen LogP contribution in [0.3, 0.4) is 0 Å². The summed E-state index contributed by atoms with van der Waals surface area (Å²) in [6, 6.07) is 4.30. The van der Waals surface area contributed by atoms with E-state index >= 15 is 0 Å². The molecule has 1 aromatic heterocycles. The van der Waals surface area contributed by atoms with Crippen LogP contribution in [0, 0.1) is 5.92 Å². The van der Waals surface area contributed by atoms with Crippen molar-refractivity contribution in [1.29, 1.82) is 0 Å². The van der Waals surface area contributed by atoms with Crippen molar-refractivity contribution in [2.45, 2.75) is 52.3 Å². The lowest BCUT2D eigenvalue weighted by atomic mass is 10.2. The monoisotopic (exact) mass is 276 g/mol. The van der Waals surface area contributed by atoms with Gasteiger partial charge in [0, 0.05) is 31.6 Å². The molecule has 0 spiro atoms. The number of ether oxygens (including phenoxy) is 1. The van der Waals surface area contributed by atoms with Crippen molar-refractivity contribution in [3.05, 3.63) is 30.1 Å². The van der Waals surface area contributed by atoms with E-state index in [0.717, 1.165) is 18.4 Å². The maximum atomic E-state index is 12.5.